The average molecular weight is 316 g/mol. The molecule has 19 heavy (non-hydrogen) atoms. The van der Waals surface area contributed by atoms with Gasteiger partial charge in [-0.05, 0) is 24.3 Å². The van der Waals surface area contributed by atoms with Gasteiger partial charge in [-0.2, -0.15) is 8.73 Å². The van der Waals surface area contributed by atoms with E-state index in [9.17, 15) is 0 Å². The van der Waals surface area contributed by atoms with Crippen LogP contribution in [0.2, 0.25) is 10.0 Å². The third-order valence-electron chi connectivity index (χ3n) is 4.02. The quantitative estimate of drug-likeness (QED) is 0.757. The van der Waals surface area contributed by atoms with Crippen LogP contribution < -0.4 is 5.32 Å². The van der Waals surface area contributed by atoms with E-state index < -0.39 is 0 Å². The first-order chi connectivity index (χ1) is 8.99. The molecule has 2 aliphatic rings. The summed E-state index contributed by atoms with van der Waals surface area (Å²) in [5.41, 5.74) is 2.66. The van der Waals surface area contributed by atoms with Crippen molar-refractivity contribution in [3.8, 4) is 0 Å². The van der Waals surface area contributed by atoms with Crippen molar-refractivity contribution in [2.45, 2.75) is 39.2 Å². The molecule has 1 fully saturated rings. The van der Waals surface area contributed by atoms with Crippen LogP contribution in [-0.4, -0.2) is 6.04 Å². The molecule has 1 aliphatic carbocycles. The van der Waals surface area contributed by atoms with Gasteiger partial charge in [-0.15, -0.1) is 0 Å². The lowest BCUT2D eigenvalue weighted by atomic mass is 9.87. The average Bonchev–Trinajstić information content (AvgIpc) is 2.91. The fourth-order valence-electron chi connectivity index (χ4n) is 2.78. The largest absolute Gasteiger partial charge is 0.379 e. The minimum Gasteiger partial charge on any atom is -0.379 e. The Morgan fingerprint density at radius 2 is 2.00 bits per heavy atom. The summed E-state index contributed by atoms with van der Waals surface area (Å²) in [6, 6.07) is 2.16. The standard InChI is InChI=1S/C13H15Cl2N3S/c1-13(2)5-3-4-9(13)16-10-7(14)6-8(15)11-12(10)18-19-17-11/h6,9,16H,3-5H2,1-2H3. The third kappa shape index (κ3) is 2.30. The molecule has 1 heterocycles. The van der Waals surface area contributed by atoms with E-state index in [4.69, 9.17) is 23.2 Å². The van der Waals surface area contributed by atoms with Crippen molar-refractivity contribution in [2.75, 3.05) is 5.32 Å². The second kappa shape index (κ2) is 4.76. The van der Waals surface area contributed by atoms with E-state index in [1.54, 1.807) is 6.07 Å². The number of halogens is 2. The van der Waals surface area contributed by atoms with Crippen molar-refractivity contribution < 1.29 is 0 Å². The van der Waals surface area contributed by atoms with E-state index in [0.717, 1.165) is 34.8 Å². The normalized spacial score (nSPS) is 23.3. The van der Waals surface area contributed by atoms with Crippen LogP contribution in [0.15, 0.2) is 14.8 Å². The molecule has 1 saturated carbocycles. The van der Waals surface area contributed by atoms with E-state index in [1.165, 1.54) is 12.8 Å². The van der Waals surface area contributed by atoms with Crippen molar-refractivity contribution in [1.82, 2.24) is 0 Å². The van der Waals surface area contributed by atoms with E-state index in [0.29, 0.717) is 16.1 Å². The van der Waals surface area contributed by atoms with E-state index in [1.807, 2.05) is 0 Å². The first-order valence-electron chi connectivity index (χ1n) is 6.36. The van der Waals surface area contributed by atoms with Crippen molar-refractivity contribution in [3.63, 3.8) is 0 Å². The number of nitrogens with one attached hydrogen (secondary N) is 1. The number of benzene rings is 1. The molecule has 0 bridgehead atoms. The van der Waals surface area contributed by atoms with Crippen LogP contribution in [0.5, 0.6) is 0 Å². The molecular weight excluding hydrogens is 301 g/mol. The summed E-state index contributed by atoms with van der Waals surface area (Å²) < 4.78 is 8.56. The number of hydrogen-bond donors (Lipinski definition) is 1. The molecule has 0 saturated heterocycles. The molecule has 3 nitrogen and oxygen atoms in total. The van der Waals surface area contributed by atoms with Crippen LogP contribution in [0.3, 0.4) is 0 Å². The molecule has 3 rings (SSSR count). The zero-order chi connectivity index (χ0) is 13.6. The molecule has 0 spiro atoms. The Balaban J connectivity index is 1.99. The number of fused-ring (bicyclic) bond motifs is 1. The van der Waals surface area contributed by atoms with Crippen LogP contribution >= 0.6 is 23.2 Å². The van der Waals surface area contributed by atoms with Crippen molar-refractivity contribution in [2.24, 2.45) is 14.1 Å². The highest BCUT2D eigenvalue weighted by Crippen LogP contribution is 2.49. The zero-order valence-corrected chi connectivity index (χ0v) is 13.2. The molecule has 1 aromatic carbocycles. The van der Waals surface area contributed by atoms with Gasteiger partial charge in [0.1, 0.15) is 11.4 Å². The van der Waals surface area contributed by atoms with Crippen molar-refractivity contribution in [3.05, 3.63) is 16.1 Å². The number of rotatable bonds is 2. The Kier molecular flexibility index (Phi) is 3.36. The Labute approximate surface area is 126 Å². The maximum absolute atomic E-state index is 6.33. The number of anilines is 1. The summed E-state index contributed by atoms with van der Waals surface area (Å²) in [5, 5.41) is 4.75. The first kappa shape index (κ1) is 13.4. The molecule has 6 heteroatoms. The van der Waals surface area contributed by atoms with Gasteiger partial charge in [0.15, 0.2) is 0 Å². The molecule has 1 N–H and O–H groups in total. The molecular formula is C13H15Cl2N3S. The lowest BCUT2D eigenvalue weighted by Crippen LogP contribution is -2.30. The topological polar surface area (TPSA) is 36.8 Å². The molecule has 102 valence electrons. The van der Waals surface area contributed by atoms with Crippen LogP contribution in [0.25, 0.3) is 0 Å². The lowest BCUT2D eigenvalue weighted by molar-refractivity contribution is 0.350. The summed E-state index contributed by atoms with van der Waals surface area (Å²) in [7, 11) is 0. The molecule has 0 amide bonds. The van der Waals surface area contributed by atoms with Crippen LogP contribution in [0, 0.1) is 5.41 Å². The van der Waals surface area contributed by atoms with Crippen LogP contribution in [0.1, 0.15) is 33.1 Å². The predicted molar refractivity (Wildman–Crippen MR) is 83.0 cm³/mol. The van der Waals surface area contributed by atoms with Gasteiger partial charge in [-0.1, -0.05) is 43.5 Å². The van der Waals surface area contributed by atoms with E-state index in [-0.39, 0.29) is 5.41 Å². The lowest BCUT2D eigenvalue weighted by Gasteiger charge is -2.29. The highest BCUT2D eigenvalue weighted by atomic mass is 35.5. The fourth-order valence-corrected chi connectivity index (χ4v) is 3.95. The van der Waals surface area contributed by atoms with Gasteiger partial charge in [0.2, 0.25) is 0 Å². The van der Waals surface area contributed by atoms with Crippen molar-refractivity contribution >= 4 is 51.6 Å². The SMILES string of the molecule is CC1(C)CCCC1Nc1c(Cl)cc(Cl)c2c1N=S=N2. The Morgan fingerprint density at radius 1 is 1.26 bits per heavy atom. The Hall–Kier alpha value is -0.580. The smallest absolute Gasteiger partial charge is 0.130 e. The fraction of sp³-hybridized carbons (Fsp3) is 0.538. The van der Waals surface area contributed by atoms with Crippen molar-refractivity contribution in [1.29, 1.82) is 0 Å². The van der Waals surface area contributed by atoms with Gasteiger partial charge < -0.3 is 5.32 Å². The second-order valence-corrected chi connectivity index (χ2v) is 7.10. The molecule has 1 aliphatic heterocycles. The van der Waals surface area contributed by atoms with Gasteiger partial charge in [-0.25, -0.2) is 0 Å². The summed E-state index contributed by atoms with van der Waals surface area (Å²) in [6.07, 6.45) is 3.63. The van der Waals surface area contributed by atoms with Gasteiger partial charge >= 0.3 is 0 Å². The van der Waals surface area contributed by atoms with Gasteiger partial charge in [0, 0.05) is 6.04 Å². The predicted octanol–water partition coefficient (Wildman–Crippen LogP) is 5.71. The molecule has 1 atom stereocenters. The van der Waals surface area contributed by atoms with E-state index >= 15 is 0 Å². The summed E-state index contributed by atoms with van der Waals surface area (Å²) in [4.78, 5) is 0. The molecule has 0 radical (unpaired) electrons. The third-order valence-corrected chi connectivity index (χ3v) is 5.13. The van der Waals surface area contributed by atoms with Gasteiger partial charge in [0.05, 0.1) is 27.1 Å². The molecule has 0 aromatic heterocycles. The van der Waals surface area contributed by atoms with Crippen LogP contribution in [0.4, 0.5) is 17.1 Å². The maximum Gasteiger partial charge on any atom is 0.130 e. The summed E-state index contributed by atoms with van der Waals surface area (Å²) >= 11 is 13.6. The Bertz CT molecular complexity index is 606. The first-order valence-corrected chi connectivity index (χ1v) is 7.84. The highest BCUT2D eigenvalue weighted by Gasteiger charge is 2.35. The van der Waals surface area contributed by atoms with Gasteiger partial charge in [-0.3, -0.25) is 0 Å². The minimum absolute atomic E-state index is 0.277. The Morgan fingerprint density at radius 3 is 2.68 bits per heavy atom. The molecule has 1 aromatic rings. The highest BCUT2D eigenvalue weighted by molar-refractivity contribution is 7.58. The van der Waals surface area contributed by atoms with E-state index in [2.05, 4.69) is 27.9 Å². The maximum atomic E-state index is 6.33. The van der Waals surface area contributed by atoms with Crippen LogP contribution in [-0.2, 0) is 11.4 Å². The van der Waals surface area contributed by atoms with Gasteiger partial charge in [0.25, 0.3) is 0 Å². The zero-order valence-electron chi connectivity index (χ0n) is 10.8. The number of nitrogens with zero attached hydrogens (tertiary/aromatic N) is 2. The summed E-state index contributed by atoms with van der Waals surface area (Å²) in [6.45, 7) is 4.58. The monoisotopic (exact) mass is 315 g/mol. The summed E-state index contributed by atoms with van der Waals surface area (Å²) in [5.74, 6) is 0. The number of hydrogen-bond acceptors (Lipinski definition) is 3. The second-order valence-electron chi connectivity index (χ2n) is 5.75. The minimum atomic E-state index is 0.277. The molecule has 1 unspecified atom stereocenters.